The maximum absolute atomic E-state index is 13.2. The number of ether oxygens (including phenoxy) is 2. The van der Waals surface area contributed by atoms with E-state index in [1.807, 2.05) is 0 Å². The van der Waals surface area contributed by atoms with Gasteiger partial charge in [0.1, 0.15) is 23.9 Å². The van der Waals surface area contributed by atoms with Crippen LogP contribution in [0.3, 0.4) is 0 Å². The van der Waals surface area contributed by atoms with Crippen molar-refractivity contribution in [2.75, 3.05) is 12.9 Å². The van der Waals surface area contributed by atoms with E-state index in [-0.39, 0.29) is 23.8 Å². The van der Waals surface area contributed by atoms with Gasteiger partial charge in [0.25, 0.3) is 0 Å². The number of carbonyl (C=O) groups excluding carboxylic acids is 1. The van der Waals surface area contributed by atoms with Crippen LogP contribution in [0, 0.1) is 0 Å². The van der Waals surface area contributed by atoms with E-state index < -0.39 is 11.7 Å². The first-order valence-electron chi connectivity index (χ1n) is 8.79. The van der Waals surface area contributed by atoms with Gasteiger partial charge in [0.05, 0.1) is 24.1 Å². The summed E-state index contributed by atoms with van der Waals surface area (Å²) in [4.78, 5) is 11.4. The number of thioether (sulfide) groups is 1. The lowest BCUT2D eigenvalue weighted by Gasteiger charge is -2.13. The molecule has 0 spiro atoms. The molecule has 0 aliphatic heterocycles. The largest absolute Gasteiger partial charge is 0.497 e. The van der Waals surface area contributed by atoms with E-state index in [0.29, 0.717) is 22.5 Å². The number of ketones is 1. The maximum atomic E-state index is 13.2. The Bertz CT molecular complexity index is 1020. The minimum absolute atomic E-state index is 0.0315. The first-order valence-corrected chi connectivity index (χ1v) is 9.77. The predicted octanol–water partition coefficient (Wildman–Crippen LogP) is 4.55. The zero-order valence-corrected chi connectivity index (χ0v) is 17.0. The minimum Gasteiger partial charge on any atom is -0.497 e. The van der Waals surface area contributed by atoms with Crippen molar-refractivity contribution in [3.05, 3.63) is 59.9 Å². The molecule has 0 fully saturated rings. The van der Waals surface area contributed by atoms with Crippen molar-refractivity contribution in [3.8, 4) is 17.2 Å². The van der Waals surface area contributed by atoms with Gasteiger partial charge in [-0.05, 0) is 49.4 Å². The first-order chi connectivity index (χ1) is 14.3. The van der Waals surface area contributed by atoms with Gasteiger partial charge in [-0.3, -0.25) is 9.36 Å². The molecule has 0 saturated carbocycles. The van der Waals surface area contributed by atoms with Gasteiger partial charge in [-0.2, -0.15) is 13.2 Å². The van der Waals surface area contributed by atoms with Crippen LogP contribution in [-0.4, -0.2) is 33.4 Å². The zero-order valence-electron chi connectivity index (χ0n) is 16.1. The molecule has 0 unspecified atom stereocenters. The van der Waals surface area contributed by atoms with Gasteiger partial charge < -0.3 is 9.47 Å². The van der Waals surface area contributed by atoms with Crippen LogP contribution in [0.4, 0.5) is 13.2 Å². The molecule has 0 aliphatic carbocycles. The molecule has 10 heteroatoms. The Kier molecular flexibility index (Phi) is 6.66. The Labute approximate surface area is 175 Å². The third-order valence-electron chi connectivity index (χ3n) is 3.96. The van der Waals surface area contributed by atoms with Gasteiger partial charge in [0, 0.05) is 0 Å². The molecular weight excluding hydrogens is 419 g/mol. The molecule has 1 heterocycles. The smallest absolute Gasteiger partial charge is 0.416 e. The maximum Gasteiger partial charge on any atom is 0.416 e. The van der Waals surface area contributed by atoms with Crippen LogP contribution in [0.15, 0.2) is 53.7 Å². The van der Waals surface area contributed by atoms with E-state index in [4.69, 9.17) is 9.47 Å². The second-order valence-corrected chi connectivity index (χ2v) is 7.18. The molecule has 3 aromatic rings. The van der Waals surface area contributed by atoms with Gasteiger partial charge >= 0.3 is 6.18 Å². The van der Waals surface area contributed by atoms with Gasteiger partial charge in [0.2, 0.25) is 0 Å². The summed E-state index contributed by atoms with van der Waals surface area (Å²) in [6, 6.07) is 11.7. The standard InChI is InChI=1S/C20H18F3N3O3S/c1-13(27)12-30-19-25-24-18(11-29-17-8-6-16(28-2)7-9-17)26(19)15-5-3-4-14(10-15)20(21,22)23/h3-10H,11-12H2,1-2H3. The lowest BCUT2D eigenvalue weighted by Crippen LogP contribution is -2.10. The Morgan fingerprint density at radius 1 is 1.10 bits per heavy atom. The molecule has 0 amide bonds. The summed E-state index contributed by atoms with van der Waals surface area (Å²) in [6.07, 6.45) is -4.49. The molecule has 3 rings (SSSR count). The summed E-state index contributed by atoms with van der Waals surface area (Å²) in [5.41, 5.74) is -0.563. The second-order valence-electron chi connectivity index (χ2n) is 6.24. The van der Waals surface area contributed by atoms with Crippen LogP contribution in [0.25, 0.3) is 5.69 Å². The highest BCUT2D eigenvalue weighted by Crippen LogP contribution is 2.32. The molecule has 0 aliphatic rings. The highest BCUT2D eigenvalue weighted by atomic mass is 32.2. The predicted molar refractivity (Wildman–Crippen MR) is 105 cm³/mol. The number of nitrogens with zero attached hydrogens (tertiary/aromatic N) is 3. The number of carbonyl (C=O) groups is 1. The van der Waals surface area contributed by atoms with Crippen LogP contribution in [0.1, 0.15) is 18.3 Å². The number of hydrogen-bond acceptors (Lipinski definition) is 6. The van der Waals surface area contributed by atoms with E-state index in [0.717, 1.165) is 23.9 Å². The SMILES string of the molecule is COc1ccc(OCc2nnc(SCC(C)=O)n2-c2cccc(C(F)(F)F)c2)cc1. The normalized spacial score (nSPS) is 11.4. The highest BCUT2D eigenvalue weighted by molar-refractivity contribution is 7.99. The summed E-state index contributed by atoms with van der Waals surface area (Å²) in [5, 5.41) is 8.40. The van der Waals surface area contributed by atoms with Crippen molar-refractivity contribution in [1.29, 1.82) is 0 Å². The van der Waals surface area contributed by atoms with Gasteiger partial charge in [-0.1, -0.05) is 17.8 Å². The molecule has 0 radical (unpaired) electrons. The van der Waals surface area contributed by atoms with Crippen LogP contribution in [0.5, 0.6) is 11.5 Å². The third-order valence-corrected chi connectivity index (χ3v) is 5.04. The molecular formula is C20H18F3N3O3S. The molecule has 0 atom stereocenters. The molecule has 2 aromatic carbocycles. The lowest BCUT2D eigenvalue weighted by molar-refractivity contribution is -0.137. The number of alkyl halides is 3. The summed E-state index contributed by atoms with van der Waals surface area (Å²) in [7, 11) is 1.55. The Morgan fingerprint density at radius 3 is 2.43 bits per heavy atom. The fourth-order valence-corrected chi connectivity index (χ4v) is 3.32. The van der Waals surface area contributed by atoms with Crippen LogP contribution >= 0.6 is 11.8 Å². The van der Waals surface area contributed by atoms with Crippen molar-refractivity contribution < 1.29 is 27.4 Å². The first kappa shape index (κ1) is 21.7. The topological polar surface area (TPSA) is 66.2 Å². The van der Waals surface area contributed by atoms with Crippen molar-refractivity contribution >= 4 is 17.5 Å². The van der Waals surface area contributed by atoms with E-state index in [9.17, 15) is 18.0 Å². The number of Topliss-reactive ketones (excluding diaryl/α,β-unsaturated/α-hetero) is 1. The van der Waals surface area contributed by atoms with Crippen LogP contribution in [-0.2, 0) is 17.6 Å². The fourth-order valence-electron chi connectivity index (χ4n) is 2.55. The van der Waals surface area contributed by atoms with E-state index in [1.165, 1.54) is 23.6 Å². The molecule has 0 saturated heterocycles. The number of rotatable bonds is 8. The van der Waals surface area contributed by atoms with Crippen LogP contribution in [0.2, 0.25) is 0 Å². The Morgan fingerprint density at radius 2 is 1.80 bits per heavy atom. The average Bonchev–Trinajstić information content (AvgIpc) is 3.13. The zero-order chi connectivity index (χ0) is 21.7. The third kappa shape index (κ3) is 5.32. The quantitative estimate of drug-likeness (QED) is 0.482. The lowest BCUT2D eigenvalue weighted by atomic mass is 10.2. The minimum atomic E-state index is -4.49. The number of benzene rings is 2. The molecule has 0 N–H and O–H groups in total. The van der Waals surface area contributed by atoms with Gasteiger partial charge in [-0.25, -0.2) is 0 Å². The monoisotopic (exact) mass is 437 g/mol. The molecule has 1 aromatic heterocycles. The van der Waals surface area contributed by atoms with Crippen LogP contribution < -0.4 is 9.47 Å². The Balaban J connectivity index is 1.92. The van der Waals surface area contributed by atoms with Gasteiger partial charge in [-0.15, -0.1) is 10.2 Å². The molecule has 158 valence electrons. The summed E-state index contributed by atoms with van der Waals surface area (Å²) < 4.78 is 51.8. The molecule has 30 heavy (non-hydrogen) atoms. The average molecular weight is 437 g/mol. The van der Waals surface area contributed by atoms with Gasteiger partial charge in [0.15, 0.2) is 11.0 Å². The number of halogens is 3. The molecule has 0 bridgehead atoms. The number of methoxy groups -OCH3 is 1. The summed E-state index contributed by atoms with van der Waals surface area (Å²) in [5.74, 6) is 1.53. The van der Waals surface area contributed by atoms with Crippen molar-refractivity contribution in [1.82, 2.24) is 14.8 Å². The fraction of sp³-hybridized carbons (Fsp3) is 0.250. The van der Waals surface area contributed by atoms with E-state index in [2.05, 4.69) is 10.2 Å². The second kappa shape index (κ2) is 9.21. The summed E-state index contributed by atoms with van der Waals surface area (Å²) >= 11 is 1.10. The number of hydrogen-bond donors (Lipinski definition) is 0. The van der Waals surface area contributed by atoms with Crippen molar-refractivity contribution in [2.45, 2.75) is 24.9 Å². The van der Waals surface area contributed by atoms with E-state index >= 15 is 0 Å². The van der Waals surface area contributed by atoms with E-state index in [1.54, 1.807) is 31.4 Å². The highest BCUT2D eigenvalue weighted by Gasteiger charge is 2.31. The molecule has 6 nitrogen and oxygen atoms in total. The van der Waals surface area contributed by atoms with Crippen molar-refractivity contribution in [3.63, 3.8) is 0 Å². The Hall–Kier alpha value is -3.01. The number of aromatic nitrogens is 3. The summed E-state index contributed by atoms with van der Waals surface area (Å²) in [6.45, 7) is 1.39. The van der Waals surface area contributed by atoms with Crippen molar-refractivity contribution in [2.24, 2.45) is 0 Å².